The second kappa shape index (κ2) is 4.53. The topological polar surface area (TPSA) is 27.7 Å². The van der Waals surface area contributed by atoms with Crippen molar-refractivity contribution >= 4 is 0 Å². The van der Waals surface area contributed by atoms with Gasteiger partial charge in [-0.2, -0.15) is 0 Å². The Balaban J connectivity index is 2.46. The number of ether oxygens (including phenoxy) is 3. The summed E-state index contributed by atoms with van der Waals surface area (Å²) in [6, 6.07) is 3.78. The lowest BCUT2D eigenvalue weighted by Gasteiger charge is -2.15. The maximum atomic E-state index is 5.62. The molecule has 0 amide bonds. The van der Waals surface area contributed by atoms with Crippen molar-refractivity contribution in [2.45, 2.75) is 19.8 Å². The van der Waals surface area contributed by atoms with Gasteiger partial charge in [0.25, 0.3) is 0 Å². The molecular weight excluding hydrogens is 216 g/mol. The molecule has 17 heavy (non-hydrogen) atoms. The number of rotatable bonds is 4. The van der Waals surface area contributed by atoms with Crippen LogP contribution in [0, 0.1) is 0 Å². The molecule has 0 saturated carbocycles. The van der Waals surface area contributed by atoms with Crippen molar-refractivity contribution in [1.29, 1.82) is 0 Å². The van der Waals surface area contributed by atoms with Crippen LogP contribution in [-0.2, 0) is 0 Å². The molecule has 1 heterocycles. The molecule has 0 saturated heterocycles. The highest BCUT2D eigenvalue weighted by Crippen LogP contribution is 2.41. The van der Waals surface area contributed by atoms with E-state index in [0.29, 0.717) is 11.5 Å². The molecule has 1 unspecified atom stereocenters. The molecule has 1 atom stereocenters. The Labute approximate surface area is 101 Å². The molecule has 3 nitrogen and oxygen atoms in total. The van der Waals surface area contributed by atoms with Gasteiger partial charge >= 0.3 is 0 Å². The molecule has 1 aromatic rings. The summed E-state index contributed by atoms with van der Waals surface area (Å²) in [6.45, 7) is 11.7. The van der Waals surface area contributed by atoms with Crippen molar-refractivity contribution in [3.8, 4) is 17.2 Å². The molecule has 0 fully saturated rings. The van der Waals surface area contributed by atoms with Crippen LogP contribution in [0.4, 0.5) is 0 Å². The highest BCUT2D eigenvalue weighted by atomic mass is 16.7. The molecule has 2 rings (SSSR count). The summed E-state index contributed by atoms with van der Waals surface area (Å²) in [5.74, 6) is 3.03. The number of hydrogen-bond acceptors (Lipinski definition) is 3. The summed E-state index contributed by atoms with van der Waals surface area (Å²) >= 11 is 0. The predicted octanol–water partition coefficient (Wildman–Crippen LogP) is 3.62. The Morgan fingerprint density at radius 2 is 2.06 bits per heavy atom. The van der Waals surface area contributed by atoms with Gasteiger partial charge in [0, 0.05) is 17.5 Å². The molecule has 1 aliphatic heterocycles. The monoisotopic (exact) mass is 232 g/mol. The SMILES string of the molecule is C=CC(C)c1cc2c(cc1OC(=C)C)OCO2. The molecule has 0 bridgehead atoms. The lowest BCUT2D eigenvalue weighted by atomic mass is 9.99. The van der Waals surface area contributed by atoms with E-state index in [1.165, 1.54) is 0 Å². The van der Waals surface area contributed by atoms with E-state index in [1.807, 2.05) is 25.1 Å². The number of allylic oxidation sites excluding steroid dienone is 2. The number of fused-ring (bicyclic) bond motifs is 1. The summed E-state index contributed by atoms with van der Waals surface area (Å²) in [4.78, 5) is 0. The highest BCUT2D eigenvalue weighted by Gasteiger charge is 2.20. The first-order valence-corrected chi connectivity index (χ1v) is 5.51. The summed E-state index contributed by atoms with van der Waals surface area (Å²) in [5.41, 5.74) is 1.02. The van der Waals surface area contributed by atoms with E-state index in [1.54, 1.807) is 0 Å². The predicted molar refractivity (Wildman–Crippen MR) is 66.6 cm³/mol. The van der Waals surface area contributed by atoms with E-state index >= 15 is 0 Å². The summed E-state index contributed by atoms with van der Waals surface area (Å²) in [6.07, 6.45) is 1.86. The molecule has 0 aromatic heterocycles. The van der Waals surface area contributed by atoms with E-state index in [-0.39, 0.29) is 12.7 Å². The van der Waals surface area contributed by atoms with E-state index in [2.05, 4.69) is 20.1 Å². The van der Waals surface area contributed by atoms with E-state index in [9.17, 15) is 0 Å². The van der Waals surface area contributed by atoms with Crippen molar-refractivity contribution < 1.29 is 14.2 Å². The Morgan fingerprint density at radius 3 is 2.65 bits per heavy atom. The fraction of sp³-hybridized carbons (Fsp3) is 0.286. The van der Waals surface area contributed by atoms with Gasteiger partial charge in [0.1, 0.15) is 5.75 Å². The Bertz CT molecular complexity index is 463. The molecule has 1 aromatic carbocycles. The Kier molecular flexibility index (Phi) is 3.09. The zero-order valence-electron chi connectivity index (χ0n) is 10.2. The van der Waals surface area contributed by atoms with Crippen LogP contribution < -0.4 is 14.2 Å². The third-order valence-corrected chi connectivity index (χ3v) is 2.63. The first kappa shape index (κ1) is 11.6. The molecule has 1 aliphatic rings. The molecular formula is C14H16O3. The van der Waals surface area contributed by atoms with Gasteiger partial charge in [0.05, 0.1) is 5.76 Å². The Morgan fingerprint density at radius 1 is 1.41 bits per heavy atom. The standard InChI is InChI=1S/C14H16O3/c1-5-10(4)11-6-13-14(16-8-15-13)7-12(11)17-9(2)3/h5-7,10H,1-2,8H2,3-4H3. The minimum Gasteiger partial charge on any atom is -0.462 e. The zero-order valence-corrected chi connectivity index (χ0v) is 10.2. The molecule has 3 heteroatoms. The molecule has 0 N–H and O–H groups in total. The lowest BCUT2D eigenvalue weighted by molar-refractivity contribution is 0.174. The van der Waals surface area contributed by atoms with Crippen molar-refractivity contribution in [1.82, 2.24) is 0 Å². The van der Waals surface area contributed by atoms with Crippen LogP contribution in [0.1, 0.15) is 25.3 Å². The largest absolute Gasteiger partial charge is 0.462 e. The van der Waals surface area contributed by atoms with Crippen LogP contribution in [0.2, 0.25) is 0 Å². The van der Waals surface area contributed by atoms with Crippen LogP contribution in [0.15, 0.2) is 37.1 Å². The molecule has 0 radical (unpaired) electrons. The Hall–Kier alpha value is -1.90. The van der Waals surface area contributed by atoms with Crippen molar-refractivity contribution in [3.05, 3.63) is 42.7 Å². The van der Waals surface area contributed by atoms with E-state index in [0.717, 1.165) is 17.1 Å². The minimum atomic E-state index is 0.179. The highest BCUT2D eigenvalue weighted by molar-refractivity contribution is 5.53. The first-order valence-electron chi connectivity index (χ1n) is 5.51. The van der Waals surface area contributed by atoms with E-state index in [4.69, 9.17) is 14.2 Å². The number of benzene rings is 1. The molecule has 0 aliphatic carbocycles. The smallest absolute Gasteiger partial charge is 0.231 e. The van der Waals surface area contributed by atoms with Gasteiger partial charge in [0.15, 0.2) is 11.5 Å². The van der Waals surface area contributed by atoms with Crippen molar-refractivity contribution in [2.24, 2.45) is 0 Å². The number of hydrogen-bond donors (Lipinski definition) is 0. The maximum absolute atomic E-state index is 5.62. The fourth-order valence-corrected chi connectivity index (χ4v) is 1.70. The van der Waals surface area contributed by atoms with Gasteiger partial charge < -0.3 is 14.2 Å². The van der Waals surface area contributed by atoms with E-state index < -0.39 is 0 Å². The van der Waals surface area contributed by atoms with Crippen molar-refractivity contribution in [2.75, 3.05) is 6.79 Å². The average molecular weight is 232 g/mol. The second-order valence-electron chi connectivity index (χ2n) is 4.07. The third-order valence-electron chi connectivity index (χ3n) is 2.63. The van der Waals surface area contributed by atoms with Crippen LogP contribution in [0.3, 0.4) is 0 Å². The van der Waals surface area contributed by atoms with Gasteiger partial charge in [-0.15, -0.1) is 6.58 Å². The van der Waals surface area contributed by atoms with Gasteiger partial charge in [-0.3, -0.25) is 0 Å². The van der Waals surface area contributed by atoms with Crippen LogP contribution in [-0.4, -0.2) is 6.79 Å². The molecule has 90 valence electrons. The third kappa shape index (κ3) is 2.28. The van der Waals surface area contributed by atoms with Crippen molar-refractivity contribution in [3.63, 3.8) is 0 Å². The minimum absolute atomic E-state index is 0.179. The molecule has 0 spiro atoms. The van der Waals surface area contributed by atoms with Crippen LogP contribution in [0.5, 0.6) is 17.2 Å². The van der Waals surface area contributed by atoms with Gasteiger partial charge in [-0.1, -0.05) is 19.6 Å². The van der Waals surface area contributed by atoms with Gasteiger partial charge in [-0.25, -0.2) is 0 Å². The second-order valence-corrected chi connectivity index (χ2v) is 4.07. The first-order chi connectivity index (χ1) is 8.11. The summed E-state index contributed by atoms with van der Waals surface area (Å²) in [7, 11) is 0. The average Bonchev–Trinajstić information content (AvgIpc) is 2.73. The quantitative estimate of drug-likeness (QED) is 0.586. The lowest BCUT2D eigenvalue weighted by Crippen LogP contribution is -1.97. The van der Waals surface area contributed by atoms with Crippen LogP contribution in [0.25, 0.3) is 0 Å². The maximum Gasteiger partial charge on any atom is 0.231 e. The van der Waals surface area contributed by atoms with Gasteiger partial charge in [-0.05, 0) is 13.0 Å². The van der Waals surface area contributed by atoms with Crippen LogP contribution >= 0.6 is 0 Å². The fourth-order valence-electron chi connectivity index (χ4n) is 1.70. The zero-order chi connectivity index (χ0) is 12.4. The van der Waals surface area contributed by atoms with Gasteiger partial charge in [0.2, 0.25) is 6.79 Å². The summed E-state index contributed by atoms with van der Waals surface area (Å²) < 4.78 is 16.3. The summed E-state index contributed by atoms with van der Waals surface area (Å²) in [5, 5.41) is 0. The normalized spacial score (nSPS) is 14.2.